The highest BCUT2D eigenvalue weighted by atomic mass is 79.9. The molecule has 2 fully saturated rings. The number of hydrogen-bond donors (Lipinski definition) is 1. The molecule has 0 aromatic carbocycles. The first-order chi connectivity index (χ1) is 8.75. The fourth-order valence-electron chi connectivity index (χ4n) is 2.49. The second kappa shape index (κ2) is 5.33. The van der Waals surface area contributed by atoms with Crippen molar-refractivity contribution in [1.29, 1.82) is 0 Å². The summed E-state index contributed by atoms with van der Waals surface area (Å²) >= 11 is 3.55. The molecule has 1 aromatic heterocycles. The van der Waals surface area contributed by atoms with Crippen LogP contribution < -0.4 is 5.32 Å². The van der Waals surface area contributed by atoms with Gasteiger partial charge in [0.2, 0.25) is 0 Å². The third-order valence-corrected chi connectivity index (χ3v) is 4.36. The second-order valence-electron chi connectivity index (χ2n) is 5.15. The van der Waals surface area contributed by atoms with Gasteiger partial charge < -0.3 is 14.5 Å². The minimum absolute atomic E-state index is 0.159. The summed E-state index contributed by atoms with van der Waals surface area (Å²) in [6.07, 6.45) is 4.49. The van der Waals surface area contributed by atoms with Gasteiger partial charge in [-0.15, -0.1) is 0 Å². The van der Waals surface area contributed by atoms with Crippen molar-refractivity contribution in [3.05, 3.63) is 22.6 Å². The Morgan fingerprint density at radius 2 is 2.33 bits per heavy atom. The Morgan fingerprint density at radius 3 is 3.00 bits per heavy atom. The van der Waals surface area contributed by atoms with Crippen LogP contribution in [-0.4, -0.2) is 43.8 Å². The van der Waals surface area contributed by atoms with Gasteiger partial charge in [-0.1, -0.05) is 0 Å². The first-order valence-corrected chi connectivity index (χ1v) is 7.33. The molecule has 2 unspecified atom stereocenters. The van der Waals surface area contributed by atoms with Gasteiger partial charge in [0, 0.05) is 19.1 Å². The number of hydrogen-bond acceptors (Lipinski definition) is 4. The van der Waals surface area contributed by atoms with E-state index in [2.05, 4.69) is 33.2 Å². The van der Waals surface area contributed by atoms with E-state index in [0.29, 0.717) is 6.04 Å². The maximum absolute atomic E-state index is 5.93. The molecule has 1 aromatic rings. The van der Waals surface area contributed by atoms with Gasteiger partial charge in [-0.2, -0.15) is 0 Å². The van der Waals surface area contributed by atoms with Crippen LogP contribution in [-0.2, 0) is 4.74 Å². The number of furan rings is 1. The summed E-state index contributed by atoms with van der Waals surface area (Å²) in [6, 6.07) is 2.85. The third kappa shape index (κ3) is 2.64. The number of rotatable bonds is 4. The third-order valence-electron chi connectivity index (χ3n) is 3.70. The summed E-state index contributed by atoms with van der Waals surface area (Å²) in [7, 11) is 2.13. The smallest absolute Gasteiger partial charge is 0.137 e. The maximum atomic E-state index is 5.93. The zero-order chi connectivity index (χ0) is 12.5. The van der Waals surface area contributed by atoms with Gasteiger partial charge >= 0.3 is 0 Å². The minimum Gasteiger partial charge on any atom is -0.466 e. The Labute approximate surface area is 116 Å². The molecule has 0 bridgehead atoms. The summed E-state index contributed by atoms with van der Waals surface area (Å²) in [4.78, 5) is 2.31. The molecule has 18 heavy (non-hydrogen) atoms. The predicted octanol–water partition coefficient (Wildman–Crippen LogP) is 2.17. The number of nitrogens with zero attached hydrogens (tertiary/aromatic N) is 1. The lowest BCUT2D eigenvalue weighted by Gasteiger charge is -2.38. The van der Waals surface area contributed by atoms with E-state index in [4.69, 9.17) is 9.15 Å². The van der Waals surface area contributed by atoms with Gasteiger partial charge in [0.05, 0.1) is 29.5 Å². The van der Waals surface area contributed by atoms with Gasteiger partial charge in [-0.05, 0) is 41.9 Å². The van der Waals surface area contributed by atoms with E-state index in [1.165, 1.54) is 12.8 Å². The number of ether oxygens (including phenoxy) is 1. The van der Waals surface area contributed by atoms with E-state index >= 15 is 0 Å². The Morgan fingerprint density at radius 1 is 1.50 bits per heavy atom. The molecule has 2 atom stereocenters. The molecule has 1 aliphatic carbocycles. The average molecular weight is 315 g/mol. The van der Waals surface area contributed by atoms with E-state index < -0.39 is 0 Å². The molecule has 1 aliphatic heterocycles. The molecule has 1 saturated carbocycles. The molecule has 0 amide bonds. The SMILES string of the molecule is CN1CCOC(CNC2CC2)C1c1occc1Br. The Hall–Kier alpha value is -0.360. The standard InChI is InChI=1S/C13H19BrN2O2/c1-16-5-7-17-11(8-15-9-2-3-9)12(16)13-10(14)4-6-18-13/h4,6,9,11-12,15H,2-3,5,7-8H2,1H3. The van der Waals surface area contributed by atoms with E-state index in [9.17, 15) is 0 Å². The topological polar surface area (TPSA) is 37.6 Å². The van der Waals surface area contributed by atoms with Crippen LogP contribution in [0.4, 0.5) is 0 Å². The number of likely N-dealkylation sites (N-methyl/N-ethyl adjacent to an activating group) is 1. The minimum atomic E-state index is 0.159. The number of nitrogens with one attached hydrogen (secondary N) is 1. The highest BCUT2D eigenvalue weighted by Crippen LogP contribution is 2.34. The lowest BCUT2D eigenvalue weighted by atomic mass is 10.0. The zero-order valence-corrected chi connectivity index (χ0v) is 12.1. The Kier molecular flexibility index (Phi) is 3.75. The lowest BCUT2D eigenvalue weighted by molar-refractivity contribution is -0.0680. The van der Waals surface area contributed by atoms with Crippen LogP contribution in [0.25, 0.3) is 0 Å². The largest absolute Gasteiger partial charge is 0.466 e. The quantitative estimate of drug-likeness (QED) is 0.924. The summed E-state index contributed by atoms with van der Waals surface area (Å²) < 4.78 is 12.6. The molecule has 1 saturated heterocycles. The van der Waals surface area contributed by atoms with E-state index in [1.54, 1.807) is 6.26 Å². The molecule has 5 heteroatoms. The van der Waals surface area contributed by atoms with Gasteiger partial charge in [0.1, 0.15) is 5.76 Å². The fourth-order valence-corrected chi connectivity index (χ4v) is 2.92. The number of halogens is 1. The summed E-state index contributed by atoms with van der Waals surface area (Å²) in [5.74, 6) is 0.972. The van der Waals surface area contributed by atoms with E-state index in [-0.39, 0.29) is 12.1 Å². The van der Waals surface area contributed by atoms with Crippen molar-refractivity contribution >= 4 is 15.9 Å². The average Bonchev–Trinajstić information content (AvgIpc) is 3.09. The van der Waals surface area contributed by atoms with Crippen LogP contribution in [0.15, 0.2) is 21.2 Å². The fraction of sp³-hybridized carbons (Fsp3) is 0.692. The molecule has 100 valence electrons. The molecule has 2 aliphatic rings. The summed E-state index contributed by atoms with van der Waals surface area (Å²) in [5.41, 5.74) is 0. The summed E-state index contributed by atoms with van der Waals surface area (Å²) in [5, 5.41) is 3.55. The molecule has 0 radical (unpaired) electrons. The molecule has 4 nitrogen and oxygen atoms in total. The second-order valence-corrected chi connectivity index (χ2v) is 6.00. The van der Waals surface area contributed by atoms with Crippen molar-refractivity contribution in [1.82, 2.24) is 10.2 Å². The molecular formula is C13H19BrN2O2. The van der Waals surface area contributed by atoms with Crippen molar-refractivity contribution < 1.29 is 9.15 Å². The van der Waals surface area contributed by atoms with Gasteiger partial charge in [0.25, 0.3) is 0 Å². The van der Waals surface area contributed by atoms with Crippen LogP contribution in [0.1, 0.15) is 24.6 Å². The summed E-state index contributed by atoms with van der Waals surface area (Å²) in [6.45, 7) is 2.63. The van der Waals surface area contributed by atoms with E-state index in [1.807, 2.05) is 6.07 Å². The highest BCUT2D eigenvalue weighted by Gasteiger charge is 2.35. The van der Waals surface area contributed by atoms with Crippen molar-refractivity contribution in [2.75, 3.05) is 26.7 Å². The van der Waals surface area contributed by atoms with Crippen molar-refractivity contribution in [2.24, 2.45) is 0 Å². The lowest BCUT2D eigenvalue weighted by Crippen LogP contribution is -2.47. The molecule has 3 rings (SSSR count). The van der Waals surface area contributed by atoms with Crippen LogP contribution >= 0.6 is 15.9 Å². The maximum Gasteiger partial charge on any atom is 0.137 e. The first kappa shape index (κ1) is 12.7. The van der Waals surface area contributed by atoms with Gasteiger partial charge in [-0.3, -0.25) is 4.90 Å². The van der Waals surface area contributed by atoms with E-state index in [0.717, 1.165) is 29.9 Å². The van der Waals surface area contributed by atoms with Crippen molar-refractivity contribution in [3.63, 3.8) is 0 Å². The predicted molar refractivity (Wildman–Crippen MR) is 72.5 cm³/mol. The highest BCUT2D eigenvalue weighted by molar-refractivity contribution is 9.10. The van der Waals surface area contributed by atoms with Gasteiger partial charge in [-0.25, -0.2) is 0 Å². The van der Waals surface area contributed by atoms with Gasteiger partial charge in [0.15, 0.2) is 0 Å². The van der Waals surface area contributed by atoms with Crippen LogP contribution in [0.5, 0.6) is 0 Å². The monoisotopic (exact) mass is 314 g/mol. The first-order valence-electron chi connectivity index (χ1n) is 6.54. The van der Waals surface area contributed by atoms with Crippen molar-refractivity contribution in [3.8, 4) is 0 Å². The molecule has 2 heterocycles. The molecule has 0 spiro atoms. The van der Waals surface area contributed by atoms with Crippen LogP contribution in [0.3, 0.4) is 0 Å². The van der Waals surface area contributed by atoms with Crippen LogP contribution in [0.2, 0.25) is 0 Å². The zero-order valence-electron chi connectivity index (χ0n) is 10.6. The molecule has 1 N–H and O–H groups in total. The molecular weight excluding hydrogens is 296 g/mol. The van der Waals surface area contributed by atoms with Crippen LogP contribution in [0, 0.1) is 0 Å². The normalized spacial score (nSPS) is 29.7. The van der Waals surface area contributed by atoms with Crippen molar-refractivity contribution in [2.45, 2.75) is 31.0 Å². The number of morpholine rings is 1. The Bertz CT molecular complexity index is 405. The Balaban J connectivity index is 1.74.